The molecular weight excluding hydrogens is 182 g/mol. The Labute approximate surface area is 73.4 Å². The Morgan fingerprint density at radius 2 is 1.09 bits per heavy atom. The summed E-state index contributed by atoms with van der Waals surface area (Å²) in [6.07, 6.45) is 0. The van der Waals surface area contributed by atoms with Crippen molar-refractivity contribution in [3.05, 3.63) is 0 Å². The molecule has 11 heavy (non-hydrogen) atoms. The van der Waals surface area contributed by atoms with E-state index in [0.717, 1.165) is 0 Å². The van der Waals surface area contributed by atoms with E-state index in [9.17, 15) is 0 Å². The Morgan fingerprint density at radius 1 is 0.818 bits per heavy atom. The first kappa shape index (κ1) is 14.3. The summed E-state index contributed by atoms with van der Waals surface area (Å²) >= 11 is 0. The van der Waals surface area contributed by atoms with E-state index in [1.54, 1.807) is 0 Å². The van der Waals surface area contributed by atoms with Crippen LogP contribution in [0.15, 0.2) is 0 Å². The van der Waals surface area contributed by atoms with Crippen molar-refractivity contribution in [2.75, 3.05) is 19.8 Å². The van der Waals surface area contributed by atoms with E-state index in [1.807, 2.05) is 20.8 Å². The third-order valence-corrected chi connectivity index (χ3v) is 2.11. The SMILES string of the molecule is CCOP(OCC)OCC.P. The van der Waals surface area contributed by atoms with Crippen molar-refractivity contribution in [2.24, 2.45) is 0 Å². The molecule has 0 saturated heterocycles. The highest BCUT2D eigenvalue weighted by molar-refractivity contribution is 7.41. The van der Waals surface area contributed by atoms with Gasteiger partial charge < -0.3 is 13.6 Å². The fraction of sp³-hybridized carbons (Fsp3) is 1.00. The average molecular weight is 200 g/mol. The van der Waals surface area contributed by atoms with Gasteiger partial charge in [-0.15, -0.1) is 0 Å². The maximum atomic E-state index is 5.14. The smallest absolute Gasteiger partial charge is 0.313 e. The molecule has 5 heteroatoms. The van der Waals surface area contributed by atoms with Gasteiger partial charge in [-0.05, 0) is 20.8 Å². The average Bonchev–Trinajstić information content (AvgIpc) is 1.90. The van der Waals surface area contributed by atoms with Crippen LogP contribution in [0.1, 0.15) is 20.8 Å². The molecule has 0 amide bonds. The lowest BCUT2D eigenvalue weighted by Crippen LogP contribution is -1.94. The Hall–Kier alpha value is 0.740. The Balaban J connectivity index is 0. The molecule has 0 N–H and O–H groups in total. The molecule has 1 unspecified atom stereocenters. The van der Waals surface area contributed by atoms with E-state index in [-0.39, 0.29) is 9.90 Å². The molecule has 0 aliphatic carbocycles. The van der Waals surface area contributed by atoms with Gasteiger partial charge in [0.25, 0.3) is 0 Å². The normalized spacial score (nSPS) is 9.82. The molecule has 0 aromatic rings. The summed E-state index contributed by atoms with van der Waals surface area (Å²) in [4.78, 5) is 0. The molecule has 0 aromatic carbocycles. The van der Waals surface area contributed by atoms with Crippen LogP contribution in [0, 0.1) is 0 Å². The van der Waals surface area contributed by atoms with Crippen LogP contribution in [0.25, 0.3) is 0 Å². The predicted octanol–water partition coefficient (Wildman–Crippen LogP) is 2.38. The molecule has 0 aliphatic rings. The largest absolute Gasteiger partial charge is 0.332 e. The highest BCUT2D eigenvalue weighted by Gasteiger charge is 2.07. The zero-order valence-corrected chi connectivity index (χ0v) is 9.81. The summed E-state index contributed by atoms with van der Waals surface area (Å²) in [5.41, 5.74) is 0. The summed E-state index contributed by atoms with van der Waals surface area (Å²) in [5, 5.41) is 0. The molecule has 3 nitrogen and oxygen atoms in total. The third-order valence-electron chi connectivity index (χ3n) is 0.704. The van der Waals surface area contributed by atoms with Crippen LogP contribution in [0.5, 0.6) is 0 Å². The first-order chi connectivity index (χ1) is 4.85. The maximum absolute atomic E-state index is 5.14. The highest BCUT2D eigenvalue weighted by atomic mass is 31.2. The molecule has 0 bridgehead atoms. The molecule has 0 spiro atoms. The lowest BCUT2D eigenvalue weighted by Gasteiger charge is -2.12. The van der Waals surface area contributed by atoms with E-state index >= 15 is 0 Å². The number of hydrogen-bond acceptors (Lipinski definition) is 3. The second kappa shape index (κ2) is 10.7. The zero-order chi connectivity index (χ0) is 7.82. The standard InChI is InChI=1S/C6H15O3P.H3P/c1-4-7-10(8-5-2)9-6-3;/h4-6H2,1-3H3;1H3. The molecule has 0 rings (SSSR count). The van der Waals surface area contributed by atoms with Gasteiger partial charge in [0.1, 0.15) is 0 Å². The molecule has 0 fully saturated rings. The van der Waals surface area contributed by atoms with Crippen molar-refractivity contribution in [3.63, 3.8) is 0 Å². The molecule has 0 radical (unpaired) electrons. The van der Waals surface area contributed by atoms with E-state index < -0.39 is 8.60 Å². The molecule has 1 atom stereocenters. The number of rotatable bonds is 6. The monoisotopic (exact) mass is 200 g/mol. The zero-order valence-electron chi connectivity index (χ0n) is 7.50. The molecule has 70 valence electrons. The molecule has 0 aromatic heterocycles. The van der Waals surface area contributed by atoms with Gasteiger partial charge in [0.05, 0.1) is 19.8 Å². The second-order valence-electron chi connectivity index (χ2n) is 1.48. The van der Waals surface area contributed by atoms with Gasteiger partial charge in [-0.2, -0.15) is 9.90 Å². The lowest BCUT2D eigenvalue weighted by atomic mass is 10.9. The van der Waals surface area contributed by atoms with E-state index in [0.29, 0.717) is 19.8 Å². The minimum atomic E-state index is -1.06. The Morgan fingerprint density at radius 3 is 1.27 bits per heavy atom. The molecular formula is C6H18O3P2. The predicted molar refractivity (Wildman–Crippen MR) is 52.9 cm³/mol. The van der Waals surface area contributed by atoms with Crippen LogP contribution in [0.2, 0.25) is 0 Å². The van der Waals surface area contributed by atoms with Gasteiger partial charge in [-0.3, -0.25) is 0 Å². The number of hydrogen-bond donors (Lipinski definition) is 0. The van der Waals surface area contributed by atoms with Gasteiger partial charge in [0.15, 0.2) is 0 Å². The highest BCUT2D eigenvalue weighted by Crippen LogP contribution is 2.38. The summed E-state index contributed by atoms with van der Waals surface area (Å²) < 4.78 is 15.4. The van der Waals surface area contributed by atoms with Crippen LogP contribution >= 0.6 is 18.5 Å². The van der Waals surface area contributed by atoms with Gasteiger partial charge in [0, 0.05) is 0 Å². The quantitative estimate of drug-likeness (QED) is 0.616. The van der Waals surface area contributed by atoms with Crippen molar-refractivity contribution in [2.45, 2.75) is 20.8 Å². The van der Waals surface area contributed by atoms with Crippen molar-refractivity contribution in [1.29, 1.82) is 0 Å². The lowest BCUT2D eigenvalue weighted by molar-refractivity contribution is 0.176. The summed E-state index contributed by atoms with van der Waals surface area (Å²) in [7, 11) is -1.06. The topological polar surface area (TPSA) is 27.7 Å². The summed E-state index contributed by atoms with van der Waals surface area (Å²) in [5.74, 6) is 0. The van der Waals surface area contributed by atoms with Crippen molar-refractivity contribution in [1.82, 2.24) is 0 Å². The maximum Gasteiger partial charge on any atom is 0.332 e. The second-order valence-corrected chi connectivity index (χ2v) is 2.70. The van der Waals surface area contributed by atoms with Crippen LogP contribution in [-0.4, -0.2) is 19.8 Å². The minimum absolute atomic E-state index is 0. The van der Waals surface area contributed by atoms with E-state index in [1.165, 1.54) is 0 Å². The van der Waals surface area contributed by atoms with Crippen LogP contribution in [0.4, 0.5) is 0 Å². The first-order valence-corrected chi connectivity index (χ1v) is 4.63. The Bertz CT molecular complexity index is 58.6. The molecule has 0 aliphatic heterocycles. The first-order valence-electron chi connectivity index (χ1n) is 3.54. The third kappa shape index (κ3) is 8.65. The molecule has 0 heterocycles. The minimum Gasteiger partial charge on any atom is -0.313 e. The van der Waals surface area contributed by atoms with Crippen molar-refractivity contribution < 1.29 is 13.6 Å². The van der Waals surface area contributed by atoms with Gasteiger partial charge in [0.2, 0.25) is 0 Å². The van der Waals surface area contributed by atoms with E-state index in [4.69, 9.17) is 13.6 Å². The van der Waals surface area contributed by atoms with E-state index in [2.05, 4.69) is 0 Å². The Kier molecular flexibility index (Phi) is 13.9. The van der Waals surface area contributed by atoms with Crippen LogP contribution < -0.4 is 0 Å². The van der Waals surface area contributed by atoms with Crippen LogP contribution in [0.3, 0.4) is 0 Å². The van der Waals surface area contributed by atoms with Crippen molar-refractivity contribution in [3.8, 4) is 0 Å². The van der Waals surface area contributed by atoms with Gasteiger partial charge in [-0.1, -0.05) is 0 Å². The molecule has 0 saturated carbocycles. The summed E-state index contributed by atoms with van der Waals surface area (Å²) in [6.45, 7) is 7.71. The van der Waals surface area contributed by atoms with Crippen molar-refractivity contribution >= 4 is 18.5 Å². The van der Waals surface area contributed by atoms with Gasteiger partial charge in [-0.25, -0.2) is 0 Å². The fourth-order valence-electron chi connectivity index (χ4n) is 0.428. The van der Waals surface area contributed by atoms with Gasteiger partial charge >= 0.3 is 8.60 Å². The fourth-order valence-corrected chi connectivity index (χ4v) is 1.28. The van der Waals surface area contributed by atoms with Crippen LogP contribution in [-0.2, 0) is 13.6 Å². The summed E-state index contributed by atoms with van der Waals surface area (Å²) in [6, 6.07) is 0.